The molecule has 0 saturated carbocycles. The molecule has 1 atom stereocenters. The number of allylic oxidation sites excluding steroid dienone is 3. The average molecular weight is 300 g/mol. The Kier molecular flexibility index (Phi) is 5.53. The van der Waals surface area contributed by atoms with Gasteiger partial charge in [-0.1, -0.05) is 30.4 Å². The van der Waals surface area contributed by atoms with Gasteiger partial charge < -0.3 is 9.84 Å². The van der Waals surface area contributed by atoms with E-state index in [0.717, 1.165) is 12.8 Å². The maximum Gasteiger partial charge on any atom is 0.342 e. The van der Waals surface area contributed by atoms with Crippen molar-refractivity contribution in [2.75, 3.05) is 0 Å². The number of ketones is 1. The van der Waals surface area contributed by atoms with Crippen molar-refractivity contribution in [3.63, 3.8) is 0 Å². The number of cyclic esters (lactones) is 1. The number of fused-ring (bicyclic) bond motifs is 1. The molecule has 1 aliphatic rings. The molecule has 1 aromatic rings. The lowest BCUT2D eigenvalue weighted by atomic mass is 10.0. The zero-order valence-electron chi connectivity index (χ0n) is 12.6. The van der Waals surface area contributed by atoms with E-state index in [1.807, 2.05) is 18.2 Å². The predicted molar refractivity (Wildman–Crippen MR) is 83.8 cm³/mol. The number of esters is 1. The Morgan fingerprint density at radius 1 is 1.14 bits per heavy atom. The lowest BCUT2D eigenvalue weighted by Gasteiger charge is -2.14. The van der Waals surface area contributed by atoms with Gasteiger partial charge in [-0.05, 0) is 37.5 Å². The summed E-state index contributed by atoms with van der Waals surface area (Å²) in [5.74, 6) is -0.856. The van der Waals surface area contributed by atoms with Crippen LogP contribution in [-0.2, 0) is 16.0 Å². The average Bonchev–Trinajstić information content (AvgIpc) is 2.45. The Hall–Kier alpha value is -2.36. The zero-order chi connectivity index (χ0) is 15.9. The molecule has 4 nitrogen and oxygen atoms in total. The molecule has 0 saturated heterocycles. The summed E-state index contributed by atoms with van der Waals surface area (Å²) in [6.07, 6.45) is 9.39. The highest BCUT2D eigenvalue weighted by molar-refractivity contribution is 5.98. The van der Waals surface area contributed by atoms with E-state index in [1.165, 1.54) is 12.1 Å². The number of carbonyl (C=O) groups is 2. The largest absolute Gasteiger partial charge is 0.507 e. The van der Waals surface area contributed by atoms with Crippen LogP contribution in [0.4, 0.5) is 0 Å². The Morgan fingerprint density at radius 3 is 2.73 bits per heavy atom. The number of benzene rings is 1. The molecule has 0 aliphatic carbocycles. The van der Waals surface area contributed by atoms with Gasteiger partial charge in [0.2, 0.25) is 0 Å². The van der Waals surface area contributed by atoms with Gasteiger partial charge in [-0.15, -0.1) is 0 Å². The van der Waals surface area contributed by atoms with Crippen molar-refractivity contribution in [1.29, 1.82) is 0 Å². The second-order valence-corrected chi connectivity index (χ2v) is 5.36. The van der Waals surface area contributed by atoms with Gasteiger partial charge in [-0.3, -0.25) is 4.79 Å². The molecule has 0 amide bonds. The normalized spacial score (nSPS) is 23.0. The van der Waals surface area contributed by atoms with Crippen molar-refractivity contribution in [1.82, 2.24) is 0 Å². The molecule has 4 heteroatoms. The molecule has 0 bridgehead atoms. The van der Waals surface area contributed by atoms with Crippen LogP contribution < -0.4 is 0 Å². The Labute approximate surface area is 130 Å². The van der Waals surface area contributed by atoms with Crippen LogP contribution in [0, 0.1) is 0 Å². The van der Waals surface area contributed by atoms with Crippen molar-refractivity contribution < 1.29 is 19.4 Å². The third kappa shape index (κ3) is 4.32. The van der Waals surface area contributed by atoms with Crippen LogP contribution in [-0.4, -0.2) is 23.0 Å². The fraction of sp³-hybridized carbons (Fsp3) is 0.333. The third-order valence-corrected chi connectivity index (χ3v) is 3.44. The fourth-order valence-corrected chi connectivity index (χ4v) is 2.32. The van der Waals surface area contributed by atoms with Gasteiger partial charge in [0.1, 0.15) is 17.4 Å². The van der Waals surface area contributed by atoms with E-state index in [0.29, 0.717) is 12.0 Å². The molecule has 0 fully saturated rings. The molecular weight excluding hydrogens is 280 g/mol. The summed E-state index contributed by atoms with van der Waals surface area (Å²) >= 11 is 0. The van der Waals surface area contributed by atoms with Gasteiger partial charge in [0.15, 0.2) is 5.78 Å². The van der Waals surface area contributed by atoms with E-state index in [2.05, 4.69) is 0 Å². The number of hydrogen-bond donors (Lipinski definition) is 1. The lowest BCUT2D eigenvalue weighted by Crippen LogP contribution is -2.17. The minimum absolute atomic E-state index is 0.0690. The molecule has 1 N–H and O–H groups in total. The van der Waals surface area contributed by atoms with Crippen LogP contribution in [0.5, 0.6) is 5.75 Å². The number of phenolic OH excluding ortho intramolecular Hbond substituents is 1. The van der Waals surface area contributed by atoms with E-state index < -0.39 is 5.97 Å². The summed E-state index contributed by atoms with van der Waals surface area (Å²) in [5, 5.41) is 9.96. The quantitative estimate of drug-likeness (QED) is 0.589. The first-order chi connectivity index (χ1) is 10.6. The highest BCUT2D eigenvalue weighted by atomic mass is 16.5. The predicted octanol–water partition coefficient (Wildman–Crippen LogP) is 3.35. The number of ether oxygens (including phenoxy) is 1. The SMILES string of the molecule is C[C@H]1C/C=C/CC/C=C/C(=O)Cc2cccc(O)c2C(=O)O1. The minimum atomic E-state index is -0.595. The zero-order valence-corrected chi connectivity index (χ0v) is 12.6. The minimum Gasteiger partial charge on any atom is -0.507 e. The molecule has 0 spiro atoms. The van der Waals surface area contributed by atoms with Crippen molar-refractivity contribution in [3.05, 3.63) is 53.6 Å². The topological polar surface area (TPSA) is 63.6 Å². The van der Waals surface area contributed by atoms with Crippen LogP contribution in [0.25, 0.3) is 0 Å². The second kappa shape index (κ2) is 7.59. The molecule has 0 unspecified atom stereocenters. The molecule has 116 valence electrons. The van der Waals surface area contributed by atoms with E-state index >= 15 is 0 Å². The van der Waals surface area contributed by atoms with E-state index in [1.54, 1.807) is 19.1 Å². The first-order valence-corrected chi connectivity index (χ1v) is 7.44. The van der Waals surface area contributed by atoms with Crippen LogP contribution in [0.15, 0.2) is 42.5 Å². The summed E-state index contributed by atoms with van der Waals surface area (Å²) in [5.41, 5.74) is 0.566. The van der Waals surface area contributed by atoms with Crippen molar-refractivity contribution in [3.8, 4) is 5.75 Å². The van der Waals surface area contributed by atoms with Gasteiger partial charge >= 0.3 is 5.97 Å². The molecule has 1 aromatic carbocycles. The van der Waals surface area contributed by atoms with Gasteiger partial charge in [-0.25, -0.2) is 4.79 Å². The number of rotatable bonds is 0. The van der Waals surface area contributed by atoms with Gasteiger partial charge in [-0.2, -0.15) is 0 Å². The van der Waals surface area contributed by atoms with Crippen LogP contribution >= 0.6 is 0 Å². The first-order valence-electron chi connectivity index (χ1n) is 7.44. The Bertz CT molecular complexity index is 614. The lowest BCUT2D eigenvalue weighted by molar-refractivity contribution is -0.114. The van der Waals surface area contributed by atoms with Gasteiger partial charge in [0.25, 0.3) is 0 Å². The highest BCUT2D eigenvalue weighted by Gasteiger charge is 2.20. The first kappa shape index (κ1) is 16.0. The molecule has 1 aliphatic heterocycles. The summed E-state index contributed by atoms with van der Waals surface area (Å²) < 4.78 is 5.36. The van der Waals surface area contributed by atoms with E-state index in [4.69, 9.17) is 4.74 Å². The number of hydrogen-bond acceptors (Lipinski definition) is 4. The maximum absolute atomic E-state index is 12.3. The number of carbonyl (C=O) groups excluding carboxylic acids is 2. The number of phenols is 1. The van der Waals surface area contributed by atoms with Crippen molar-refractivity contribution >= 4 is 11.8 Å². The molecule has 0 aromatic heterocycles. The molecule has 2 rings (SSSR count). The standard InChI is InChI=1S/C18H20O4/c1-13-8-5-3-2-4-6-10-15(19)12-14-9-7-11-16(20)17(14)18(21)22-13/h3,5-7,9-11,13,20H,2,4,8,12H2,1H3/b5-3+,10-6+/t13-/m0/s1. The molecule has 22 heavy (non-hydrogen) atoms. The fourth-order valence-electron chi connectivity index (χ4n) is 2.32. The number of aromatic hydroxyl groups is 1. The molecular formula is C18H20O4. The smallest absolute Gasteiger partial charge is 0.342 e. The maximum atomic E-state index is 12.3. The van der Waals surface area contributed by atoms with Crippen molar-refractivity contribution in [2.24, 2.45) is 0 Å². The Balaban J connectivity index is 2.34. The van der Waals surface area contributed by atoms with Crippen LogP contribution in [0.3, 0.4) is 0 Å². The van der Waals surface area contributed by atoms with E-state index in [-0.39, 0.29) is 29.6 Å². The summed E-state index contributed by atoms with van der Waals surface area (Å²) in [6, 6.07) is 4.71. The van der Waals surface area contributed by atoms with Gasteiger partial charge in [0.05, 0.1) is 0 Å². The van der Waals surface area contributed by atoms with Gasteiger partial charge in [0, 0.05) is 12.8 Å². The molecule has 0 radical (unpaired) electrons. The summed E-state index contributed by atoms with van der Waals surface area (Å²) in [6.45, 7) is 1.80. The van der Waals surface area contributed by atoms with E-state index in [9.17, 15) is 14.7 Å². The second-order valence-electron chi connectivity index (χ2n) is 5.36. The van der Waals surface area contributed by atoms with Crippen LogP contribution in [0.2, 0.25) is 0 Å². The van der Waals surface area contributed by atoms with Crippen LogP contribution in [0.1, 0.15) is 42.1 Å². The Morgan fingerprint density at radius 2 is 1.91 bits per heavy atom. The summed E-state index contributed by atoms with van der Waals surface area (Å²) in [7, 11) is 0. The molecule has 1 heterocycles. The highest BCUT2D eigenvalue weighted by Crippen LogP contribution is 2.24. The third-order valence-electron chi connectivity index (χ3n) is 3.44. The summed E-state index contributed by atoms with van der Waals surface area (Å²) in [4.78, 5) is 24.2. The van der Waals surface area contributed by atoms with Crippen molar-refractivity contribution in [2.45, 2.75) is 38.7 Å². The monoisotopic (exact) mass is 300 g/mol.